The monoisotopic (exact) mass is 290 g/mol. The zero-order chi connectivity index (χ0) is 14.4. The van der Waals surface area contributed by atoms with Crippen LogP contribution in [0.2, 0.25) is 0 Å². The lowest BCUT2D eigenvalue weighted by atomic mass is 10.1. The highest BCUT2D eigenvalue weighted by Crippen LogP contribution is 2.17. The Morgan fingerprint density at radius 2 is 2.11 bits per heavy atom. The van der Waals surface area contributed by atoms with Crippen LogP contribution in [0.5, 0.6) is 0 Å². The third-order valence-corrected chi connectivity index (χ3v) is 4.71. The summed E-state index contributed by atoms with van der Waals surface area (Å²) in [6.07, 6.45) is 4.69. The van der Waals surface area contributed by atoms with Crippen molar-refractivity contribution in [3.63, 3.8) is 0 Å². The van der Waals surface area contributed by atoms with Gasteiger partial charge >= 0.3 is 12.0 Å². The molecule has 0 aromatic carbocycles. The minimum Gasteiger partial charge on any atom is -0.480 e. The van der Waals surface area contributed by atoms with Crippen LogP contribution in [-0.4, -0.2) is 56.9 Å². The van der Waals surface area contributed by atoms with E-state index in [1.807, 2.05) is 0 Å². The number of likely N-dealkylation sites (tertiary alicyclic amines) is 1. The van der Waals surface area contributed by atoms with Crippen molar-refractivity contribution in [1.29, 1.82) is 0 Å². The summed E-state index contributed by atoms with van der Waals surface area (Å²) in [6.45, 7) is 2.55. The van der Waals surface area contributed by atoms with Gasteiger partial charge in [0, 0.05) is 35.4 Å². The van der Waals surface area contributed by atoms with Gasteiger partial charge in [0.15, 0.2) is 0 Å². The molecule has 1 fully saturated rings. The van der Waals surface area contributed by atoms with E-state index in [-0.39, 0.29) is 11.3 Å². The minimum absolute atomic E-state index is 0.140. The third kappa shape index (κ3) is 4.81. The van der Waals surface area contributed by atoms with E-state index in [9.17, 15) is 18.9 Å². The fourth-order valence-corrected chi connectivity index (χ4v) is 2.38. The van der Waals surface area contributed by atoms with Crippen LogP contribution in [0.25, 0.3) is 0 Å². The van der Waals surface area contributed by atoms with E-state index >= 15 is 0 Å². The fraction of sp³-hybridized carbons (Fsp3) is 0.833. The average Bonchev–Trinajstić information content (AvgIpc) is 2.60. The second-order valence-electron chi connectivity index (χ2n) is 4.89. The molecule has 1 aliphatic rings. The number of amides is 2. The number of carbonyl (C=O) groups is 2. The fourth-order valence-electron chi connectivity index (χ4n) is 2.06. The van der Waals surface area contributed by atoms with E-state index in [1.54, 1.807) is 13.2 Å². The van der Waals surface area contributed by atoms with E-state index in [2.05, 4.69) is 5.32 Å². The van der Waals surface area contributed by atoms with Crippen molar-refractivity contribution in [3.05, 3.63) is 0 Å². The van der Waals surface area contributed by atoms with Crippen molar-refractivity contribution in [2.45, 2.75) is 43.9 Å². The number of nitrogens with one attached hydrogen (secondary N) is 1. The van der Waals surface area contributed by atoms with Gasteiger partial charge in [-0.05, 0) is 19.8 Å². The van der Waals surface area contributed by atoms with Gasteiger partial charge in [-0.1, -0.05) is 12.8 Å². The molecule has 6 nitrogen and oxygen atoms in total. The Hall–Kier alpha value is -1.11. The highest BCUT2D eigenvalue weighted by molar-refractivity contribution is 7.84. The van der Waals surface area contributed by atoms with Crippen LogP contribution in [-0.2, 0) is 15.6 Å². The highest BCUT2D eigenvalue weighted by atomic mass is 32.2. The topological polar surface area (TPSA) is 86.7 Å². The Labute approximate surface area is 116 Å². The quantitative estimate of drug-likeness (QED) is 0.801. The van der Waals surface area contributed by atoms with Crippen molar-refractivity contribution in [2.24, 2.45) is 0 Å². The summed E-state index contributed by atoms with van der Waals surface area (Å²) in [5, 5.41) is 11.7. The molecule has 2 amide bonds. The maximum absolute atomic E-state index is 12.0. The summed E-state index contributed by atoms with van der Waals surface area (Å²) in [5.41, 5.74) is 0. The smallest absolute Gasteiger partial charge is 0.326 e. The van der Waals surface area contributed by atoms with E-state index < -0.39 is 22.8 Å². The molecular weight excluding hydrogens is 268 g/mol. The van der Waals surface area contributed by atoms with Crippen molar-refractivity contribution in [2.75, 3.05) is 19.3 Å². The van der Waals surface area contributed by atoms with Crippen LogP contribution in [0.3, 0.4) is 0 Å². The van der Waals surface area contributed by atoms with Gasteiger partial charge in [0.05, 0.1) is 0 Å². The van der Waals surface area contributed by atoms with E-state index in [1.165, 1.54) is 4.90 Å². The van der Waals surface area contributed by atoms with E-state index in [0.29, 0.717) is 19.5 Å². The maximum atomic E-state index is 12.0. The summed E-state index contributed by atoms with van der Waals surface area (Å²) in [6, 6.07) is -1.11. The van der Waals surface area contributed by atoms with Gasteiger partial charge in [-0.25, -0.2) is 9.59 Å². The number of carbonyl (C=O) groups excluding carboxylic acids is 1. The van der Waals surface area contributed by atoms with Crippen molar-refractivity contribution in [3.8, 4) is 0 Å². The molecule has 3 atom stereocenters. The lowest BCUT2D eigenvalue weighted by Gasteiger charge is -2.27. The Balaban J connectivity index is 2.60. The lowest BCUT2D eigenvalue weighted by molar-refractivity contribution is -0.142. The van der Waals surface area contributed by atoms with Crippen molar-refractivity contribution in [1.82, 2.24) is 10.2 Å². The molecule has 2 N–H and O–H groups in total. The van der Waals surface area contributed by atoms with Gasteiger partial charge in [0.25, 0.3) is 0 Å². The highest BCUT2D eigenvalue weighted by Gasteiger charge is 2.30. The molecule has 7 heteroatoms. The molecule has 1 rings (SSSR count). The van der Waals surface area contributed by atoms with Crippen LogP contribution < -0.4 is 5.32 Å². The Kier molecular flexibility index (Phi) is 6.27. The summed E-state index contributed by atoms with van der Waals surface area (Å²) in [4.78, 5) is 24.6. The second kappa shape index (κ2) is 7.47. The molecule has 0 aromatic rings. The van der Waals surface area contributed by atoms with Crippen molar-refractivity contribution >= 4 is 22.8 Å². The van der Waals surface area contributed by atoms with Crippen LogP contribution >= 0.6 is 0 Å². The first-order valence-electron chi connectivity index (χ1n) is 6.53. The van der Waals surface area contributed by atoms with E-state index in [4.69, 9.17) is 0 Å². The molecule has 3 unspecified atom stereocenters. The summed E-state index contributed by atoms with van der Waals surface area (Å²) < 4.78 is 11.2. The predicted molar refractivity (Wildman–Crippen MR) is 73.5 cm³/mol. The molecular formula is C12H22N2O4S. The second-order valence-corrected chi connectivity index (χ2v) is 6.69. The van der Waals surface area contributed by atoms with Crippen LogP contribution in [0.1, 0.15) is 32.6 Å². The number of urea groups is 1. The Morgan fingerprint density at radius 3 is 2.68 bits per heavy atom. The molecule has 0 aliphatic carbocycles. The zero-order valence-electron chi connectivity index (χ0n) is 11.4. The SMILES string of the molecule is CC(CNC(=O)N1CCCCCC1C(=O)O)S(C)=O. The first-order chi connectivity index (χ1) is 8.93. The molecule has 19 heavy (non-hydrogen) atoms. The number of aliphatic carboxylic acids is 1. The number of carboxylic acids is 1. The van der Waals surface area contributed by atoms with Gasteiger partial charge in [-0.2, -0.15) is 0 Å². The predicted octanol–water partition coefficient (Wildman–Crippen LogP) is 0.792. The molecule has 0 saturated carbocycles. The molecule has 110 valence electrons. The van der Waals surface area contributed by atoms with Crippen LogP contribution in [0.4, 0.5) is 4.79 Å². The third-order valence-electron chi connectivity index (χ3n) is 3.41. The Bertz CT molecular complexity index is 362. The summed E-state index contributed by atoms with van der Waals surface area (Å²) in [7, 11) is -1.00. The molecule has 0 radical (unpaired) electrons. The van der Waals surface area contributed by atoms with Gasteiger partial charge in [0.2, 0.25) is 0 Å². The minimum atomic E-state index is -1.00. The Morgan fingerprint density at radius 1 is 1.42 bits per heavy atom. The first kappa shape index (κ1) is 15.9. The van der Waals surface area contributed by atoms with Gasteiger partial charge < -0.3 is 15.3 Å². The standard InChI is InChI=1S/C12H22N2O4S/c1-9(19(2)18)8-13-12(17)14-7-5-3-4-6-10(14)11(15)16/h9-10H,3-8H2,1-2H3,(H,13,17)(H,15,16). The van der Waals surface area contributed by atoms with Gasteiger partial charge in [-0.3, -0.25) is 4.21 Å². The largest absolute Gasteiger partial charge is 0.480 e. The molecule has 0 spiro atoms. The van der Waals surface area contributed by atoms with Crippen LogP contribution in [0.15, 0.2) is 0 Å². The molecule has 1 saturated heterocycles. The number of nitrogens with zero attached hydrogens (tertiary/aromatic N) is 1. The van der Waals surface area contributed by atoms with Crippen LogP contribution in [0, 0.1) is 0 Å². The van der Waals surface area contributed by atoms with Gasteiger partial charge in [0.1, 0.15) is 6.04 Å². The van der Waals surface area contributed by atoms with Gasteiger partial charge in [-0.15, -0.1) is 0 Å². The average molecular weight is 290 g/mol. The zero-order valence-corrected chi connectivity index (χ0v) is 12.2. The first-order valence-corrected chi connectivity index (χ1v) is 8.15. The number of hydrogen-bond acceptors (Lipinski definition) is 3. The summed E-state index contributed by atoms with van der Waals surface area (Å²) >= 11 is 0. The van der Waals surface area contributed by atoms with Crippen molar-refractivity contribution < 1.29 is 18.9 Å². The molecule has 1 heterocycles. The maximum Gasteiger partial charge on any atom is 0.326 e. The number of carboxylic acid groups (broad SMARTS) is 1. The normalized spacial score (nSPS) is 23.3. The molecule has 0 bridgehead atoms. The van der Waals surface area contributed by atoms with E-state index in [0.717, 1.165) is 19.3 Å². The number of hydrogen-bond donors (Lipinski definition) is 2. The molecule has 1 aliphatic heterocycles. The lowest BCUT2D eigenvalue weighted by Crippen LogP contribution is -2.50. The number of rotatable bonds is 4. The molecule has 0 aromatic heterocycles. The summed E-state index contributed by atoms with van der Waals surface area (Å²) in [5.74, 6) is -0.954.